The first kappa shape index (κ1) is 21.7. The molecule has 1 aliphatic rings. The van der Waals surface area contributed by atoms with Crippen LogP contribution in [0.3, 0.4) is 0 Å². The molecule has 0 saturated carbocycles. The Balaban J connectivity index is 2.31. The molecule has 2 amide bonds. The Morgan fingerprint density at radius 2 is 1.89 bits per heavy atom. The predicted molar refractivity (Wildman–Crippen MR) is 114 cm³/mol. The minimum atomic E-state index is -0.415. The van der Waals surface area contributed by atoms with E-state index in [9.17, 15) is 9.59 Å². The molecule has 1 heterocycles. The molecule has 0 aromatic heterocycles. The van der Waals surface area contributed by atoms with E-state index in [1.54, 1.807) is 31.1 Å². The Morgan fingerprint density at radius 3 is 2.43 bits per heavy atom. The van der Waals surface area contributed by atoms with Crippen LogP contribution in [-0.2, 0) is 9.53 Å². The molecule has 0 spiro atoms. The van der Waals surface area contributed by atoms with Gasteiger partial charge in [-0.15, -0.1) is 0 Å². The fourth-order valence-corrected chi connectivity index (χ4v) is 2.92. The number of rotatable bonds is 5. The van der Waals surface area contributed by atoms with Gasteiger partial charge in [-0.25, -0.2) is 9.59 Å². The molecule has 0 saturated heterocycles. The Morgan fingerprint density at radius 1 is 1.29 bits per heavy atom. The fourth-order valence-electron chi connectivity index (χ4n) is 2.66. The molecule has 28 heavy (non-hydrogen) atoms. The zero-order chi connectivity index (χ0) is 21.0. The van der Waals surface area contributed by atoms with Crippen molar-refractivity contribution < 1.29 is 14.3 Å². The third kappa shape index (κ3) is 5.01. The highest BCUT2D eigenvalue weighted by Crippen LogP contribution is 2.31. The first-order valence-electron chi connectivity index (χ1n) is 9.12. The molecule has 0 bridgehead atoms. The third-order valence-corrected chi connectivity index (χ3v) is 4.81. The van der Waals surface area contributed by atoms with Crippen molar-refractivity contribution in [2.45, 2.75) is 26.8 Å². The minimum absolute atomic E-state index is 0.208. The Labute approximate surface area is 171 Å². The maximum Gasteiger partial charge on any atom is 0.338 e. The fraction of sp³-hybridized carbons (Fsp3) is 0.450. The van der Waals surface area contributed by atoms with Crippen LogP contribution in [0.25, 0.3) is 0 Å². The summed E-state index contributed by atoms with van der Waals surface area (Å²) in [4.78, 5) is 27.8. The molecular weight excluding hydrogens is 376 g/mol. The molecule has 1 aromatic carbocycles. The number of urea groups is 1. The van der Waals surface area contributed by atoms with Crippen molar-refractivity contribution in [2.75, 3.05) is 33.1 Å². The zero-order valence-electron chi connectivity index (χ0n) is 17.2. The van der Waals surface area contributed by atoms with Gasteiger partial charge in [-0.05, 0) is 42.8 Å². The van der Waals surface area contributed by atoms with Crippen LogP contribution in [0.1, 0.15) is 32.4 Å². The second-order valence-electron chi connectivity index (χ2n) is 7.38. The average Bonchev–Trinajstić information content (AvgIpc) is 2.64. The van der Waals surface area contributed by atoms with E-state index < -0.39 is 6.04 Å². The zero-order valence-corrected chi connectivity index (χ0v) is 18.0. The van der Waals surface area contributed by atoms with Gasteiger partial charge in [0.15, 0.2) is 5.11 Å². The molecule has 0 fully saturated rings. The number of nitrogens with zero attached hydrogens (tertiary/aromatic N) is 2. The van der Waals surface area contributed by atoms with Crippen molar-refractivity contribution in [2.24, 2.45) is 5.92 Å². The first-order chi connectivity index (χ1) is 13.1. The molecular formula is C20H28N4O3S. The average molecular weight is 405 g/mol. The quantitative estimate of drug-likeness (QED) is 0.580. The smallest absolute Gasteiger partial charge is 0.338 e. The maximum absolute atomic E-state index is 12.8. The van der Waals surface area contributed by atoms with Gasteiger partial charge in [0.25, 0.3) is 0 Å². The second kappa shape index (κ2) is 9.05. The summed E-state index contributed by atoms with van der Waals surface area (Å²) in [7, 11) is 5.17. The minimum Gasteiger partial charge on any atom is -0.462 e. The summed E-state index contributed by atoms with van der Waals surface area (Å²) in [5.74, 6) is -0.110. The summed E-state index contributed by atoms with van der Waals surface area (Å²) in [5.41, 5.74) is 2.81. The number of carbonyl (C=O) groups excluding carboxylic acids is 2. The van der Waals surface area contributed by atoms with Crippen LogP contribution in [0.4, 0.5) is 10.5 Å². The van der Waals surface area contributed by atoms with Crippen LogP contribution in [0, 0.1) is 5.92 Å². The van der Waals surface area contributed by atoms with Crippen LogP contribution in [0.5, 0.6) is 0 Å². The van der Waals surface area contributed by atoms with Crippen molar-refractivity contribution in [3.8, 4) is 0 Å². The van der Waals surface area contributed by atoms with Crippen LogP contribution in [-0.4, -0.2) is 54.7 Å². The van der Waals surface area contributed by atoms with Crippen molar-refractivity contribution in [3.63, 3.8) is 0 Å². The van der Waals surface area contributed by atoms with Crippen molar-refractivity contribution in [1.82, 2.24) is 15.1 Å². The Kier molecular flexibility index (Phi) is 7.01. The van der Waals surface area contributed by atoms with Gasteiger partial charge in [0, 0.05) is 32.5 Å². The van der Waals surface area contributed by atoms with Gasteiger partial charge in [-0.2, -0.15) is 0 Å². The van der Waals surface area contributed by atoms with E-state index >= 15 is 0 Å². The van der Waals surface area contributed by atoms with Gasteiger partial charge in [-0.1, -0.05) is 26.0 Å². The molecule has 1 aliphatic heterocycles. The SMILES string of the molecule is CC1=C(C(=O)OCC(C)C)C(c2ccc(NC(=O)N(C)C)cc2)NC(=S)N1C. The summed E-state index contributed by atoms with van der Waals surface area (Å²) in [6.07, 6.45) is 0. The highest BCUT2D eigenvalue weighted by atomic mass is 32.1. The van der Waals surface area contributed by atoms with E-state index in [2.05, 4.69) is 10.6 Å². The number of anilines is 1. The highest BCUT2D eigenvalue weighted by Gasteiger charge is 2.33. The number of hydrogen-bond donors (Lipinski definition) is 2. The summed E-state index contributed by atoms with van der Waals surface area (Å²) in [6, 6.07) is 6.69. The summed E-state index contributed by atoms with van der Waals surface area (Å²) < 4.78 is 5.48. The number of nitrogens with one attached hydrogen (secondary N) is 2. The number of benzene rings is 1. The first-order valence-corrected chi connectivity index (χ1v) is 9.53. The lowest BCUT2D eigenvalue weighted by molar-refractivity contribution is -0.140. The van der Waals surface area contributed by atoms with E-state index in [0.717, 1.165) is 11.3 Å². The van der Waals surface area contributed by atoms with Gasteiger partial charge in [-0.3, -0.25) is 0 Å². The molecule has 0 radical (unpaired) electrons. The highest BCUT2D eigenvalue weighted by molar-refractivity contribution is 7.80. The molecule has 1 atom stereocenters. The molecule has 1 aromatic rings. The number of carbonyl (C=O) groups is 2. The van der Waals surface area contributed by atoms with Gasteiger partial charge >= 0.3 is 12.0 Å². The number of hydrogen-bond acceptors (Lipinski definition) is 4. The largest absolute Gasteiger partial charge is 0.462 e. The molecule has 152 valence electrons. The lowest BCUT2D eigenvalue weighted by Gasteiger charge is -2.35. The molecule has 7 nitrogen and oxygen atoms in total. The number of amides is 2. The summed E-state index contributed by atoms with van der Waals surface area (Å²) in [5, 5.41) is 6.54. The number of esters is 1. The van der Waals surface area contributed by atoms with E-state index in [1.807, 2.05) is 40.0 Å². The molecule has 2 N–H and O–H groups in total. The number of thiocarbonyl (C=S) groups is 1. The Bertz CT molecular complexity index is 787. The predicted octanol–water partition coefficient (Wildman–Crippen LogP) is 3.11. The van der Waals surface area contributed by atoms with E-state index in [4.69, 9.17) is 17.0 Å². The summed E-state index contributed by atoms with van der Waals surface area (Å²) >= 11 is 5.41. The summed E-state index contributed by atoms with van der Waals surface area (Å²) in [6.45, 7) is 6.20. The van der Waals surface area contributed by atoms with Crippen LogP contribution in [0.15, 0.2) is 35.5 Å². The van der Waals surface area contributed by atoms with Crippen LogP contribution in [0.2, 0.25) is 0 Å². The van der Waals surface area contributed by atoms with Crippen LogP contribution < -0.4 is 10.6 Å². The van der Waals surface area contributed by atoms with Crippen molar-refractivity contribution >= 4 is 35.0 Å². The van der Waals surface area contributed by atoms with E-state index in [1.165, 1.54) is 4.90 Å². The van der Waals surface area contributed by atoms with Gasteiger partial charge in [0.05, 0.1) is 18.2 Å². The second-order valence-corrected chi connectivity index (χ2v) is 7.77. The number of allylic oxidation sites excluding steroid dienone is 1. The standard InChI is InChI=1S/C20H28N4O3S/c1-12(2)11-27-18(25)16-13(3)24(6)20(28)22-17(16)14-7-9-15(10-8-14)21-19(26)23(4)5/h7-10,12,17H,11H2,1-6H3,(H,21,26)(H,22,28). The molecule has 8 heteroatoms. The van der Waals surface area contributed by atoms with Gasteiger partial charge in [0.1, 0.15) is 0 Å². The van der Waals surface area contributed by atoms with E-state index in [0.29, 0.717) is 23.0 Å². The molecule has 1 unspecified atom stereocenters. The third-order valence-electron chi connectivity index (χ3n) is 4.42. The Hall–Kier alpha value is -2.61. The van der Waals surface area contributed by atoms with Gasteiger partial charge < -0.3 is 25.2 Å². The lowest BCUT2D eigenvalue weighted by Crippen LogP contribution is -2.46. The van der Waals surface area contributed by atoms with E-state index in [-0.39, 0.29) is 17.9 Å². The van der Waals surface area contributed by atoms with Crippen LogP contribution >= 0.6 is 12.2 Å². The lowest BCUT2D eigenvalue weighted by atomic mass is 9.95. The number of ether oxygens (including phenoxy) is 1. The van der Waals surface area contributed by atoms with Crippen molar-refractivity contribution in [3.05, 3.63) is 41.1 Å². The maximum atomic E-state index is 12.8. The monoisotopic (exact) mass is 404 g/mol. The van der Waals surface area contributed by atoms with Crippen molar-refractivity contribution in [1.29, 1.82) is 0 Å². The normalized spacial score (nSPS) is 16.8. The topological polar surface area (TPSA) is 73.9 Å². The van der Waals surface area contributed by atoms with Gasteiger partial charge in [0.2, 0.25) is 0 Å². The molecule has 0 aliphatic carbocycles. The molecule has 2 rings (SSSR count).